The first-order chi connectivity index (χ1) is 13.0. The summed E-state index contributed by atoms with van der Waals surface area (Å²) >= 11 is 0. The second-order valence-electron chi connectivity index (χ2n) is 6.83. The van der Waals surface area contributed by atoms with Crippen molar-refractivity contribution in [3.05, 3.63) is 47.3 Å². The molecule has 1 fully saturated rings. The van der Waals surface area contributed by atoms with Gasteiger partial charge in [-0.25, -0.2) is 13.5 Å². The molecule has 0 spiro atoms. The molecular weight excluding hydrogens is 352 g/mol. The van der Waals surface area contributed by atoms with E-state index in [2.05, 4.69) is 15.2 Å². The molecule has 1 atom stereocenters. The molecule has 1 aromatic carbocycles. The lowest BCUT2D eigenvalue weighted by atomic mass is 10.0. The minimum atomic E-state index is -0.569. The van der Waals surface area contributed by atoms with E-state index in [-0.39, 0.29) is 11.9 Å². The van der Waals surface area contributed by atoms with Gasteiger partial charge < -0.3 is 4.90 Å². The van der Waals surface area contributed by atoms with Gasteiger partial charge in [0.05, 0.1) is 12.2 Å². The number of nitrogens with zero attached hydrogens (tertiary/aromatic N) is 5. The van der Waals surface area contributed by atoms with E-state index in [9.17, 15) is 13.6 Å². The van der Waals surface area contributed by atoms with Crippen molar-refractivity contribution in [2.75, 3.05) is 26.2 Å². The SMILES string of the molecule is CCN(CC)C(=O)c1cn(C2CCCN(Cc3ccc(F)cc3F)C2)nn1. The minimum absolute atomic E-state index is 0.0769. The van der Waals surface area contributed by atoms with Gasteiger partial charge in [0, 0.05) is 37.8 Å². The molecule has 27 heavy (non-hydrogen) atoms. The van der Waals surface area contributed by atoms with Crippen LogP contribution in [0.15, 0.2) is 24.4 Å². The zero-order valence-electron chi connectivity index (χ0n) is 15.7. The molecule has 0 bridgehead atoms. The Morgan fingerprint density at radius 3 is 2.78 bits per heavy atom. The summed E-state index contributed by atoms with van der Waals surface area (Å²) < 4.78 is 28.7. The predicted molar refractivity (Wildman–Crippen MR) is 97.2 cm³/mol. The number of carbonyl (C=O) groups excluding carboxylic acids is 1. The van der Waals surface area contributed by atoms with Gasteiger partial charge in [-0.1, -0.05) is 11.3 Å². The Morgan fingerprint density at radius 1 is 1.30 bits per heavy atom. The van der Waals surface area contributed by atoms with Crippen LogP contribution < -0.4 is 0 Å². The third-order valence-corrected chi connectivity index (χ3v) is 5.04. The van der Waals surface area contributed by atoms with Crippen molar-refractivity contribution in [3.63, 3.8) is 0 Å². The molecule has 1 saturated heterocycles. The number of benzene rings is 1. The summed E-state index contributed by atoms with van der Waals surface area (Å²) in [4.78, 5) is 16.2. The number of hydrogen-bond donors (Lipinski definition) is 0. The highest BCUT2D eigenvalue weighted by Crippen LogP contribution is 2.23. The average Bonchev–Trinajstić information content (AvgIpc) is 3.15. The molecule has 8 heteroatoms. The fourth-order valence-electron chi connectivity index (χ4n) is 3.51. The molecule has 0 saturated carbocycles. The number of piperidine rings is 1. The van der Waals surface area contributed by atoms with Crippen molar-refractivity contribution in [1.29, 1.82) is 0 Å². The van der Waals surface area contributed by atoms with E-state index in [0.717, 1.165) is 25.5 Å². The molecule has 0 aliphatic carbocycles. The second kappa shape index (κ2) is 8.56. The number of rotatable bonds is 6. The van der Waals surface area contributed by atoms with Gasteiger partial charge in [0.25, 0.3) is 5.91 Å². The lowest BCUT2D eigenvalue weighted by Gasteiger charge is -2.32. The van der Waals surface area contributed by atoms with Gasteiger partial charge in [-0.2, -0.15) is 0 Å². The highest BCUT2D eigenvalue weighted by molar-refractivity contribution is 5.91. The molecule has 1 amide bonds. The van der Waals surface area contributed by atoms with Gasteiger partial charge in [0.15, 0.2) is 5.69 Å². The van der Waals surface area contributed by atoms with Gasteiger partial charge in [-0.3, -0.25) is 9.69 Å². The van der Waals surface area contributed by atoms with Crippen molar-refractivity contribution < 1.29 is 13.6 Å². The molecular formula is C19H25F2N5O. The summed E-state index contributed by atoms with van der Waals surface area (Å²) in [5.74, 6) is -1.21. The molecule has 1 aromatic heterocycles. The van der Waals surface area contributed by atoms with E-state index in [0.29, 0.717) is 37.4 Å². The van der Waals surface area contributed by atoms with E-state index in [1.54, 1.807) is 15.8 Å². The van der Waals surface area contributed by atoms with E-state index in [1.807, 2.05) is 13.8 Å². The van der Waals surface area contributed by atoms with Gasteiger partial charge >= 0.3 is 0 Å². The van der Waals surface area contributed by atoms with Gasteiger partial charge in [0.1, 0.15) is 11.6 Å². The predicted octanol–water partition coefficient (Wildman–Crippen LogP) is 2.88. The minimum Gasteiger partial charge on any atom is -0.338 e. The fourth-order valence-corrected chi connectivity index (χ4v) is 3.51. The molecule has 0 N–H and O–H groups in total. The molecule has 0 radical (unpaired) electrons. The summed E-state index contributed by atoms with van der Waals surface area (Å²) in [7, 11) is 0. The maximum atomic E-state index is 13.9. The molecule has 2 heterocycles. The van der Waals surface area contributed by atoms with Crippen molar-refractivity contribution >= 4 is 5.91 Å². The average molecular weight is 377 g/mol. The quantitative estimate of drug-likeness (QED) is 0.777. The molecule has 1 aliphatic heterocycles. The van der Waals surface area contributed by atoms with Crippen LogP contribution in [0.3, 0.4) is 0 Å². The number of carbonyl (C=O) groups is 1. The molecule has 3 rings (SSSR count). The summed E-state index contributed by atoms with van der Waals surface area (Å²) in [6.45, 7) is 7.05. The van der Waals surface area contributed by atoms with Crippen molar-refractivity contribution in [1.82, 2.24) is 24.8 Å². The molecule has 2 aromatic rings. The van der Waals surface area contributed by atoms with Crippen molar-refractivity contribution in [3.8, 4) is 0 Å². The lowest BCUT2D eigenvalue weighted by Crippen LogP contribution is -2.36. The molecule has 146 valence electrons. The van der Waals surface area contributed by atoms with Crippen LogP contribution in [0.25, 0.3) is 0 Å². The second-order valence-corrected chi connectivity index (χ2v) is 6.83. The Hall–Kier alpha value is -2.35. The molecule has 1 aliphatic rings. The number of likely N-dealkylation sites (tertiary alicyclic amines) is 1. The first kappa shape index (κ1) is 19.4. The van der Waals surface area contributed by atoms with Crippen LogP contribution in [-0.2, 0) is 6.54 Å². The Balaban J connectivity index is 1.67. The summed E-state index contributed by atoms with van der Waals surface area (Å²) in [5, 5.41) is 8.19. The topological polar surface area (TPSA) is 54.3 Å². The highest BCUT2D eigenvalue weighted by atomic mass is 19.1. The maximum absolute atomic E-state index is 13.9. The van der Waals surface area contributed by atoms with Crippen molar-refractivity contribution in [2.24, 2.45) is 0 Å². The van der Waals surface area contributed by atoms with Crippen LogP contribution in [0.2, 0.25) is 0 Å². The lowest BCUT2D eigenvalue weighted by molar-refractivity contribution is 0.0767. The fraction of sp³-hybridized carbons (Fsp3) is 0.526. The van der Waals surface area contributed by atoms with E-state index in [1.165, 1.54) is 12.1 Å². The Kier molecular flexibility index (Phi) is 6.15. The first-order valence-corrected chi connectivity index (χ1v) is 9.39. The smallest absolute Gasteiger partial charge is 0.276 e. The number of hydrogen-bond acceptors (Lipinski definition) is 4. The van der Waals surface area contributed by atoms with Crippen LogP contribution in [0.4, 0.5) is 8.78 Å². The zero-order valence-corrected chi connectivity index (χ0v) is 15.7. The Bertz CT molecular complexity index is 790. The normalized spacial score (nSPS) is 17.9. The maximum Gasteiger partial charge on any atom is 0.276 e. The molecule has 1 unspecified atom stereocenters. The molecule has 6 nitrogen and oxygen atoms in total. The van der Waals surface area contributed by atoms with Crippen LogP contribution in [-0.4, -0.2) is 56.9 Å². The standard InChI is InChI=1S/C19H25F2N5O/c1-3-25(4-2)19(27)18-13-26(23-22-18)16-6-5-9-24(12-16)11-14-7-8-15(20)10-17(14)21/h7-8,10,13,16H,3-6,9,11-12H2,1-2H3. The third kappa shape index (κ3) is 4.50. The number of aromatic nitrogens is 3. The van der Waals surface area contributed by atoms with Gasteiger partial charge in [-0.15, -0.1) is 5.10 Å². The Labute approximate surface area is 157 Å². The zero-order chi connectivity index (χ0) is 19.4. The van der Waals surface area contributed by atoms with Crippen LogP contribution in [0, 0.1) is 11.6 Å². The van der Waals surface area contributed by atoms with E-state index in [4.69, 9.17) is 0 Å². The summed E-state index contributed by atoms with van der Waals surface area (Å²) in [6.07, 6.45) is 3.56. The van der Waals surface area contributed by atoms with Gasteiger partial charge in [-0.05, 0) is 39.3 Å². The van der Waals surface area contributed by atoms with Crippen LogP contribution >= 0.6 is 0 Å². The number of amides is 1. The summed E-state index contributed by atoms with van der Waals surface area (Å²) in [6, 6.07) is 3.76. The van der Waals surface area contributed by atoms with E-state index >= 15 is 0 Å². The first-order valence-electron chi connectivity index (χ1n) is 9.39. The van der Waals surface area contributed by atoms with Gasteiger partial charge in [0.2, 0.25) is 0 Å². The Morgan fingerprint density at radius 2 is 2.07 bits per heavy atom. The highest BCUT2D eigenvalue weighted by Gasteiger charge is 2.25. The van der Waals surface area contributed by atoms with Crippen LogP contribution in [0.1, 0.15) is 48.8 Å². The largest absolute Gasteiger partial charge is 0.338 e. The third-order valence-electron chi connectivity index (χ3n) is 5.04. The van der Waals surface area contributed by atoms with Crippen LogP contribution in [0.5, 0.6) is 0 Å². The van der Waals surface area contributed by atoms with E-state index < -0.39 is 11.6 Å². The summed E-state index contributed by atoms with van der Waals surface area (Å²) in [5.41, 5.74) is 0.827. The monoisotopic (exact) mass is 377 g/mol. The number of halogens is 2. The van der Waals surface area contributed by atoms with Crippen molar-refractivity contribution in [2.45, 2.75) is 39.3 Å².